The predicted octanol–water partition coefficient (Wildman–Crippen LogP) is 3.56. The molecule has 2 nitrogen and oxygen atoms in total. The summed E-state index contributed by atoms with van der Waals surface area (Å²) in [4.78, 5) is 0. The molecule has 1 N–H and O–H groups in total. The Labute approximate surface area is 112 Å². The zero-order chi connectivity index (χ0) is 13.5. The van der Waals surface area contributed by atoms with Gasteiger partial charge in [-0.2, -0.15) is 0 Å². The molecule has 0 aromatic heterocycles. The van der Waals surface area contributed by atoms with Crippen LogP contribution in [0.15, 0.2) is 18.2 Å². The number of ether oxygens (including phenoxy) is 1. The van der Waals surface area contributed by atoms with Gasteiger partial charge in [0.15, 0.2) is 0 Å². The minimum absolute atomic E-state index is 0.533. The Hall–Kier alpha value is -1.02. The van der Waals surface area contributed by atoms with Crippen LogP contribution in [-0.2, 0) is 0 Å². The van der Waals surface area contributed by atoms with Crippen molar-refractivity contribution in [1.82, 2.24) is 5.32 Å². The Bertz CT molecular complexity index is 360. The van der Waals surface area contributed by atoms with Crippen LogP contribution in [0.4, 0.5) is 0 Å². The molecule has 1 aromatic carbocycles. The Morgan fingerprint density at radius 3 is 2.39 bits per heavy atom. The van der Waals surface area contributed by atoms with E-state index in [-0.39, 0.29) is 0 Å². The molecule has 0 heterocycles. The molecule has 0 aliphatic rings. The van der Waals surface area contributed by atoms with Crippen molar-refractivity contribution in [3.05, 3.63) is 29.3 Å². The lowest BCUT2D eigenvalue weighted by Crippen LogP contribution is -2.28. The van der Waals surface area contributed by atoms with Crippen molar-refractivity contribution in [2.75, 3.05) is 19.7 Å². The van der Waals surface area contributed by atoms with Crippen LogP contribution in [0, 0.1) is 25.7 Å². The van der Waals surface area contributed by atoms with E-state index in [1.165, 1.54) is 11.1 Å². The SMILES string of the molecule is Cc1ccc(OCC(C)CNCC(C)C)cc1C. The maximum absolute atomic E-state index is 5.82. The number of hydrogen-bond acceptors (Lipinski definition) is 2. The molecule has 0 fully saturated rings. The van der Waals surface area contributed by atoms with Gasteiger partial charge in [0.25, 0.3) is 0 Å². The zero-order valence-corrected chi connectivity index (χ0v) is 12.4. The van der Waals surface area contributed by atoms with Gasteiger partial charge in [-0.3, -0.25) is 0 Å². The van der Waals surface area contributed by atoms with E-state index < -0.39 is 0 Å². The second-order valence-electron chi connectivity index (χ2n) is 5.71. The van der Waals surface area contributed by atoms with Crippen molar-refractivity contribution in [3.8, 4) is 5.75 Å². The molecule has 0 amide bonds. The second-order valence-corrected chi connectivity index (χ2v) is 5.71. The van der Waals surface area contributed by atoms with E-state index in [4.69, 9.17) is 4.74 Å². The summed E-state index contributed by atoms with van der Waals surface area (Å²) < 4.78 is 5.82. The van der Waals surface area contributed by atoms with Crippen molar-refractivity contribution < 1.29 is 4.74 Å². The fourth-order valence-electron chi connectivity index (χ4n) is 1.72. The third kappa shape index (κ3) is 5.54. The molecule has 1 atom stereocenters. The molecule has 0 aliphatic heterocycles. The average molecular weight is 249 g/mol. The maximum atomic E-state index is 5.82. The third-order valence-electron chi connectivity index (χ3n) is 3.06. The van der Waals surface area contributed by atoms with Crippen LogP contribution in [0.2, 0.25) is 0 Å². The fraction of sp³-hybridized carbons (Fsp3) is 0.625. The highest BCUT2D eigenvalue weighted by Crippen LogP contribution is 2.16. The Kier molecular flexibility index (Phi) is 6.20. The van der Waals surface area contributed by atoms with Gasteiger partial charge < -0.3 is 10.1 Å². The molecule has 0 bridgehead atoms. The number of rotatable bonds is 7. The van der Waals surface area contributed by atoms with Gasteiger partial charge in [-0.15, -0.1) is 0 Å². The molecular weight excluding hydrogens is 222 g/mol. The average Bonchev–Trinajstić information content (AvgIpc) is 2.30. The second kappa shape index (κ2) is 7.42. The van der Waals surface area contributed by atoms with Crippen LogP contribution in [0.25, 0.3) is 0 Å². The molecule has 0 aliphatic carbocycles. The van der Waals surface area contributed by atoms with E-state index in [0.717, 1.165) is 25.4 Å². The van der Waals surface area contributed by atoms with E-state index in [2.05, 4.69) is 58.1 Å². The topological polar surface area (TPSA) is 21.3 Å². The monoisotopic (exact) mass is 249 g/mol. The molecule has 0 saturated heterocycles. The lowest BCUT2D eigenvalue weighted by molar-refractivity contribution is 0.254. The lowest BCUT2D eigenvalue weighted by atomic mass is 10.1. The van der Waals surface area contributed by atoms with Crippen LogP contribution in [-0.4, -0.2) is 19.7 Å². The van der Waals surface area contributed by atoms with E-state index in [0.29, 0.717) is 11.8 Å². The highest BCUT2D eigenvalue weighted by atomic mass is 16.5. The van der Waals surface area contributed by atoms with E-state index in [9.17, 15) is 0 Å². The van der Waals surface area contributed by atoms with Gasteiger partial charge in [-0.25, -0.2) is 0 Å². The molecule has 0 saturated carbocycles. The van der Waals surface area contributed by atoms with Crippen LogP contribution in [0.5, 0.6) is 5.75 Å². The number of benzene rings is 1. The summed E-state index contributed by atoms with van der Waals surface area (Å²) in [7, 11) is 0. The zero-order valence-electron chi connectivity index (χ0n) is 12.4. The first-order chi connectivity index (χ1) is 8.49. The van der Waals surface area contributed by atoms with Crippen molar-refractivity contribution in [2.24, 2.45) is 11.8 Å². The normalized spacial score (nSPS) is 12.8. The van der Waals surface area contributed by atoms with Gasteiger partial charge in [0.2, 0.25) is 0 Å². The third-order valence-corrected chi connectivity index (χ3v) is 3.06. The summed E-state index contributed by atoms with van der Waals surface area (Å²) in [6.07, 6.45) is 0. The quantitative estimate of drug-likeness (QED) is 0.797. The number of hydrogen-bond donors (Lipinski definition) is 1. The Morgan fingerprint density at radius 1 is 1.06 bits per heavy atom. The summed E-state index contributed by atoms with van der Waals surface area (Å²) in [5.41, 5.74) is 2.60. The summed E-state index contributed by atoms with van der Waals surface area (Å²) in [5.74, 6) is 2.22. The number of nitrogens with one attached hydrogen (secondary N) is 1. The highest BCUT2D eigenvalue weighted by Gasteiger charge is 2.04. The first kappa shape index (κ1) is 15.0. The first-order valence-corrected chi connectivity index (χ1v) is 6.89. The number of aryl methyl sites for hydroxylation is 2. The minimum Gasteiger partial charge on any atom is -0.493 e. The smallest absolute Gasteiger partial charge is 0.119 e. The molecule has 2 heteroatoms. The Balaban J connectivity index is 2.29. The van der Waals surface area contributed by atoms with Gasteiger partial charge in [-0.05, 0) is 49.6 Å². The van der Waals surface area contributed by atoms with Crippen molar-refractivity contribution in [1.29, 1.82) is 0 Å². The summed E-state index contributed by atoms with van der Waals surface area (Å²) in [6.45, 7) is 13.8. The predicted molar refractivity (Wildman–Crippen MR) is 78.3 cm³/mol. The molecule has 0 radical (unpaired) electrons. The van der Waals surface area contributed by atoms with Crippen molar-refractivity contribution in [2.45, 2.75) is 34.6 Å². The maximum Gasteiger partial charge on any atom is 0.119 e. The molecular formula is C16H27NO. The van der Waals surface area contributed by atoms with Crippen molar-refractivity contribution in [3.63, 3.8) is 0 Å². The molecule has 0 spiro atoms. The van der Waals surface area contributed by atoms with Crippen LogP contribution in [0.3, 0.4) is 0 Å². The highest BCUT2D eigenvalue weighted by molar-refractivity contribution is 5.33. The summed E-state index contributed by atoms with van der Waals surface area (Å²) in [6, 6.07) is 6.28. The molecule has 1 rings (SSSR count). The van der Waals surface area contributed by atoms with E-state index in [1.807, 2.05) is 0 Å². The van der Waals surface area contributed by atoms with Gasteiger partial charge in [0.1, 0.15) is 5.75 Å². The Morgan fingerprint density at radius 2 is 1.78 bits per heavy atom. The lowest BCUT2D eigenvalue weighted by Gasteiger charge is -2.15. The largest absolute Gasteiger partial charge is 0.493 e. The van der Waals surface area contributed by atoms with E-state index in [1.54, 1.807) is 0 Å². The van der Waals surface area contributed by atoms with Gasteiger partial charge >= 0.3 is 0 Å². The standard InChI is InChI=1S/C16H27NO/c1-12(2)9-17-10-13(3)11-18-16-7-6-14(4)15(5)8-16/h6-8,12-13,17H,9-11H2,1-5H3. The van der Waals surface area contributed by atoms with Gasteiger partial charge in [0.05, 0.1) is 6.61 Å². The fourth-order valence-corrected chi connectivity index (χ4v) is 1.72. The molecule has 102 valence electrons. The van der Waals surface area contributed by atoms with Gasteiger partial charge in [-0.1, -0.05) is 26.8 Å². The van der Waals surface area contributed by atoms with Crippen LogP contribution in [0.1, 0.15) is 31.9 Å². The summed E-state index contributed by atoms with van der Waals surface area (Å²) >= 11 is 0. The van der Waals surface area contributed by atoms with E-state index >= 15 is 0 Å². The minimum atomic E-state index is 0.533. The van der Waals surface area contributed by atoms with Crippen LogP contribution >= 0.6 is 0 Å². The summed E-state index contributed by atoms with van der Waals surface area (Å²) in [5, 5.41) is 3.46. The molecule has 1 unspecified atom stereocenters. The van der Waals surface area contributed by atoms with Crippen LogP contribution < -0.4 is 10.1 Å². The first-order valence-electron chi connectivity index (χ1n) is 6.89. The van der Waals surface area contributed by atoms with Gasteiger partial charge in [0, 0.05) is 12.5 Å². The molecule has 18 heavy (non-hydrogen) atoms. The molecule has 1 aromatic rings. The van der Waals surface area contributed by atoms with Crippen molar-refractivity contribution >= 4 is 0 Å².